The van der Waals surface area contributed by atoms with Crippen LogP contribution in [0.15, 0.2) is 24.3 Å². The molecule has 5 heteroatoms. The third-order valence-electron chi connectivity index (χ3n) is 4.80. The summed E-state index contributed by atoms with van der Waals surface area (Å²) in [7, 11) is 0. The summed E-state index contributed by atoms with van der Waals surface area (Å²) in [5.41, 5.74) is 5.89. The van der Waals surface area contributed by atoms with Gasteiger partial charge < -0.3 is 11.1 Å². The van der Waals surface area contributed by atoms with Crippen LogP contribution in [-0.4, -0.2) is 12.5 Å². The Bertz CT molecular complexity index is 519. The second-order valence-corrected chi connectivity index (χ2v) is 6.08. The molecule has 0 spiro atoms. The van der Waals surface area contributed by atoms with Crippen LogP contribution in [0.4, 0.5) is 4.39 Å². The Morgan fingerprint density at radius 3 is 2.67 bits per heavy atom. The van der Waals surface area contributed by atoms with E-state index in [4.69, 9.17) is 5.73 Å². The van der Waals surface area contributed by atoms with E-state index in [1.807, 2.05) is 6.07 Å². The maximum Gasteiger partial charge on any atom is 0.224 e. The zero-order valence-corrected chi connectivity index (χ0v) is 12.8. The molecule has 0 bridgehead atoms. The smallest absolute Gasteiger partial charge is 0.224 e. The van der Waals surface area contributed by atoms with Crippen molar-refractivity contribution in [3.8, 4) is 0 Å². The van der Waals surface area contributed by atoms with E-state index >= 15 is 0 Å². The minimum Gasteiger partial charge on any atom is -0.346 e. The molecule has 1 aromatic rings. The van der Waals surface area contributed by atoms with Gasteiger partial charge in [0.25, 0.3) is 0 Å². The van der Waals surface area contributed by atoms with E-state index in [0.29, 0.717) is 12.1 Å². The molecule has 3 N–H and O–H groups in total. The summed E-state index contributed by atoms with van der Waals surface area (Å²) in [6, 6.07) is 6.73. The number of carbonyl (C=O) groups is 1. The van der Waals surface area contributed by atoms with Crippen molar-refractivity contribution < 1.29 is 9.18 Å². The van der Waals surface area contributed by atoms with Gasteiger partial charge in [-0.15, -0.1) is 12.4 Å². The van der Waals surface area contributed by atoms with Crippen LogP contribution in [0.3, 0.4) is 0 Å². The lowest BCUT2D eigenvalue weighted by Gasteiger charge is -2.23. The summed E-state index contributed by atoms with van der Waals surface area (Å²) in [4.78, 5) is 12.5. The zero-order valence-electron chi connectivity index (χ0n) is 12.0. The highest BCUT2D eigenvalue weighted by atomic mass is 35.5. The number of halogens is 2. The van der Waals surface area contributed by atoms with E-state index in [0.717, 1.165) is 32.1 Å². The predicted octanol–water partition coefficient (Wildman–Crippen LogP) is 2.73. The molecular formula is C16H22ClFN2O. The first kappa shape index (κ1) is 16.2. The van der Waals surface area contributed by atoms with Crippen molar-refractivity contribution in [3.63, 3.8) is 0 Å². The molecule has 2 fully saturated rings. The molecule has 2 aliphatic rings. The number of hydrogen-bond donors (Lipinski definition) is 2. The van der Waals surface area contributed by atoms with Gasteiger partial charge in [-0.2, -0.15) is 0 Å². The van der Waals surface area contributed by atoms with Crippen molar-refractivity contribution in [2.45, 2.75) is 37.6 Å². The molecule has 1 aromatic carbocycles. The predicted molar refractivity (Wildman–Crippen MR) is 82.6 cm³/mol. The van der Waals surface area contributed by atoms with E-state index < -0.39 is 5.54 Å². The first-order chi connectivity index (χ1) is 9.66. The monoisotopic (exact) mass is 312 g/mol. The Kier molecular flexibility index (Phi) is 4.89. The maximum absolute atomic E-state index is 13.9. The molecule has 2 atom stereocenters. The Balaban J connectivity index is 0.00000161. The fraction of sp³-hybridized carbons (Fsp3) is 0.562. The molecule has 116 valence electrons. The van der Waals surface area contributed by atoms with Gasteiger partial charge in [-0.3, -0.25) is 4.79 Å². The minimum atomic E-state index is -0.468. The van der Waals surface area contributed by atoms with E-state index in [1.54, 1.807) is 12.1 Å². The van der Waals surface area contributed by atoms with Crippen LogP contribution >= 0.6 is 12.4 Å². The lowest BCUT2D eigenvalue weighted by Crippen LogP contribution is -2.41. The molecule has 0 aromatic heterocycles. The van der Waals surface area contributed by atoms with Gasteiger partial charge >= 0.3 is 0 Å². The summed E-state index contributed by atoms with van der Waals surface area (Å²) in [5, 5.41) is 3.10. The normalized spacial score (nSPS) is 26.0. The number of carbonyl (C=O) groups excluding carboxylic acids is 1. The van der Waals surface area contributed by atoms with Gasteiger partial charge in [0.05, 0.1) is 5.54 Å². The van der Waals surface area contributed by atoms with Crippen molar-refractivity contribution in [1.82, 2.24) is 5.32 Å². The fourth-order valence-corrected chi connectivity index (χ4v) is 3.43. The number of hydrogen-bond acceptors (Lipinski definition) is 2. The van der Waals surface area contributed by atoms with Crippen molar-refractivity contribution >= 4 is 18.3 Å². The zero-order chi connectivity index (χ0) is 14.2. The number of nitrogens with one attached hydrogen (secondary N) is 1. The highest BCUT2D eigenvalue weighted by Crippen LogP contribution is 2.47. The lowest BCUT2D eigenvalue weighted by molar-refractivity contribution is -0.127. The molecule has 3 rings (SSSR count). The van der Waals surface area contributed by atoms with E-state index in [2.05, 4.69) is 5.32 Å². The quantitative estimate of drug-likeness (QED) is 0.898. The summed E-state index contributed by atoms with van der Waals surface area (Å²) in [6.07, 6.45) is 4.63. The van der Waals surface area contributed by atoms with Gasteiger partial charge in [0.2, 0.25) is 5.91 Å². The van der Waals surface area contributed by atoms with Gasteiger partial charge in [0, 0.05) is 11.5 Å². The topological polar surface area (TPSA) is 55.1 Å². The highest BCUT2D eigenvalue weighted by molar-refractivity contribution is 5.85. The lowest BCUT2D eigenvalue weighted by atomic mass is 9.94. The third-order valence-corrected chi connectivity index (χ3v) is 4.80. The Morgan fingerprint density at radius 2 is 2.05 bits per heavy atom. The van der Waals surface area contributed by atoms with E-state index in [-0.39, 0.29) is 36.0 Å². The standard InChI is InChI=1S/C16H21FN2O.ClH/c17-14-7-2-1-6-13(14)16(8-9-16)19-15(20)12-5-3-4-11(12)10-18;/h1-2,6-7,11-12H,3-5,8-10,18H2,(H,19,20);1H/t11-,12-;/m1./s1. The molecule has 21 heavy (non-hydrogen) atoms. The molecule has 3 nitrogen and oxygen atoms in total. The van der Waals surface area contributed by atoms with Crippen LogP contribution in [0.2, 0.25) is 0 Å². The molecule has 0 unspecified atom stereocenters. The molecule has 2 saturated carbocycles. The molecule has 2 aliphatic carbocycles. The van der Waals surface area contributed by atoms with Gasteiger partial charge in [-0.05, 0) is 44.2 Å². The number of nitrogens with two attached hydrogens (primary N) is 1. The Labute approximate surface area is 130 Å². The van der Waals surface area contributed by atoms with E-state index in [9.17, 15) is 9.18 Å². The Hall–Kier alpha value is -1.13. The molecular weight excluding hydrogens is 291 g/mol. The van der Waals surface area contributed by atoms with Gasteiger partial charge in [0.15, 0.2) is 0 Å². The van der Waals surface area contributed by atoms with Crippen molar-refractivity contribution in [3.05, 3.63) is 35.6 Å². The van der Waals surface area contributed by atoms with E-state index in [1.165, 1.54) is 6.07 Å². The summed E-state index contributed by atoms with van der Waals surface area (Å²) < 4.78 is 13.9. The summed E-state index contributed by atoms with van der Waals surface area (Å²) in [6.45, 7) is 0.560. The van der Waals surface area contributed by atoms with Gasteiger partial charge in [-0.1, -0.05) is 24.6 Å². The fourth-order valence-electron chi connectivity index (χ4n) is 3.43. The van der Waals surface area contributed by atoms with Crippen LogP contribution in [0.1, 0.15) is 37.7 Å². The van der Waals surface area contributed by atoms with Gasteiger partial charge in [-0.25, -0.2) is 4.39 Å². The average Bonchev–Trinajstić information content (AvgIpc) is 3.05. The van der Waals surface area contributed by atoms with Crippen LogP contribution in [0.25, 0.3) is 0 Å². The van der Waals surface area contributed by atoms with Crippen LogP contribution in [-0.2, 0) is 10.3 Å². The van der Waals surface area contributed by atoms with Crippen molar-refractivity contribution in [2.75, 3.05) is 6.54 Å². The summed E-state index contributed by atoms with van der Waals surface area (Å²) in [5.74, 6) is 0.112. The largest absolute Gasteiger partial charge is 0.346 e. The minimum absolute atomic E-state index is 0. The molecule has 0 aliphatic heterocycles. The highest BCUT2D eigenvalue weighted by Gasteiger charge is 2.48. The second kappa shape index (κ2) is 6.32. The first-order valence-corrected chi connectivity index (χ1v) is 7.43. The second-order valence-electron chi connectivity index (χ2n) is 6.08. The molecule has 0 saturated heterocycles. The molecule has 1 amide bonds. The van der Waals surface area contributed by atoms with Crippen molar-refractivity contribution in [1.29, 1.82) is 0 Å². The van der Waals surface area contributed by atoms with Crippen LogP contribution in [0.5, 0.6) is 0 Å². The maximum atomic E-state index is 13.9. The average molecular weight is 313 g/mol. The number of rotatable bonds is 4. The van der Waals surface area contributed by atoms with Gasteiger partial charge in [0.1, 0.15) is 5.82 Å². The first-order valence-electron chi connectivity index (χ1n) is 7.43. The molecule has 0 radical (unpaired) electrons. The SMILES string of the molecule is Cl.NC[C@H]1CCC[C@H]1C(=O)NC1(c2ccccc2F)CC1. The number of amides is 1. The summed E-state index contributed by atoms with van der Waals surface area (Å²) >= 11 is 0. The molecule has 0 heterocycles. The third kappa shape index (κ3) is 3.06. The van der Waals surface area contributed by atoms with Crippen LogP contribution in [0, 0.1) is 17.7 Å². The Morgan fingerprint density at radius 1 is 1.33 bits per heavy atom. The van der Waals surface area contributed by atoms with Crippen molar-refractivity contribution in [2.24, 2.45) is 17.6 Å². The number of benzene rings is 1. The van der Waals surface area contributed by atoms with Crippen LogP contribution < -0.4 is 11.1 Å².